The Bertz CT molecular complexity index is 945. The number of rotatable bonds is 6. The first-order chi connectivity index (χ1) is 15.5. The second-order valence-corrected chi connectivity index (χ2v) is 9.31. The summed E-state index contributed by atoms with van der Waals surface area (Å²) >= 11 is 0. The lowest BCUT2D eigenvalue weighted by Crippen LogP contribution is -2.44. The number of likely N-dealkylation sites (tertiary alicyclic amines) is 1. The molecule has 3 aliphatic carbocycles. The fraction of sp³-hybridized carbons (Fsp3) is 0.520. The van der Waals surface area contributed by atoms with Gasteiger partial charge in [-0.2, -0.15) is 0 Å². The van der Waals surface area contributed by atoms with E-state index in [0.29, 0.717) is 37.0 Å². The summed E-state index contributed by atoms with van der Waals surface area (Å²) in [7, 11) is 1.55. The van der Waals surface area contributed by atoms with E-state index in [0.717, 1.165) is 6.42 Å². The van der Waals surface area contributed by atoms with Crippen LogP contribution in [0.15, 0.2) is 36.4 Å². The zero-order valence-electron chi connectivity index (χ0n) is 18.1. The van der Waals surface area contributed by atoms with Crippen LogP contribution in [0.5, 0.6) is 5.75 Å². The van der Waals surface area contributed by atoms with E-state index in [1.165, 1.54) is 4.90 Å². The van der Waals surface area contributed by atoms with Gasteiger partial charge in [0.1, 0.15) is 5.75 Å². The second kappa shape index (κ2) is 8.19. The lowest BCUT2D eigenvalue weighted by atomic mass is 9.85. The van der Waals surface area contributed by atoms with Gasteiger partial charge in [0.2, 0.25) is 11.8 Å². The van der Waals surface area contributed by atoms with Crippen LogP contribution in [-0.2, 0) is 19.1 Å². The number of imide groups is 1. The molecule has 32 heavy (non-hydrogen) atoms. The van der Waals surface area contributed by atoms with Crippen molar-refractivity contribution in [3.8, 4) is 5.75 Å². The Morgan fingerprint density at radius 2 is 1.53 bits per heavy atom. The number of hydrogen-bond acceptors (Lipinski definition) is 6. The maximum atomic E-state index is 13.0. The first-order valence-electron chi connectivity index (χ1n) is 11.4. The normalized spacial score (nSPS) is 32.8. The highest BCUT2D eigenvalue weighted by Crippen LogP contribution is 2.53. The third-order valence-corrected chi connectivity index (χ3v) is 7.66. The number of nitrogens with zero attached hydrogens (tertiary/aromatic N) is 1. The van der Waals surface area contributed by atoms with Crippen molar-refractivity contribution in [3.05, 3.63) is 42.0 Å². The summed E-state index contributed by atoms with van der Waals surface area (Å²) in [5.74, 6) is -0.282. The fourth-order valence-corrected chi connectivity index (χ4v) is 5.97. The predicted octanol–water partition coefficient (Wildman–Crippen LogP) is 2.79. The Balaban J connectivity index is 1.12. The fourth-order valence-electron chi connectivity index (χ4n) is 5.97. The summed E-state index contributed by atoms with van der Waals surface area (Å²) in [6, 6.07) is 6.52. The number of ether oxygens (including phenoxy) is 2. The molecular formula is C25H27NO6. The van der Waals surface area contributed by atoms with Crippen LogP contribution in [0, 0.1) is 29.6 Å². The zero-order valence-corrected chi connectivity index (χ0v) is 18.1. The molecule has 7 nitrogen and oxygen atoms in total. The average molecular weight is 437 g/mol. The Morgan fingerprint density at radius 3 is 2.09 bits per heavy atom. The maximum Gasteiger partial charge on any atom is 0.309 e. The summed E-state index contributed by atoms with van der Waals surface area (Å²) in [6.07, 6.45) is 7.43. The first-order valence-corrected chi connectivity index (χ1v) is 11.4. The van der Waals surface area contributed by atoms with E-state index in [-0.39, 0.29) is 65.8 Å². The molecule has 5 rings (SSSR count). The number of Topliss-reactive ketones (excluding diaryl/α,β-unsaturated/α-hetero) is 1. The van der Waals surface area contributed by atoms with Crippen molar-refractivity contribution in [2.75, 3.05) is 13.7 Å². The molecule has 4 atom stereocenters. The van der Waals surface area contributed by atoms with Gasteiger partial charge in [-0.3, -0.25) is 24.1 Å². The largest absolute Gasteiger partial charge is 0.497 e. The number of esters is 1. The third kappa shape index (κ3) is 3.44. The van der Waals surface area contributed by atoms with Crippen LogP contribution in [-0.4, -0.2) is 48.2 Å². The molecule has 3 fully saturated rings. The number of amides is 2. The molecule has 168 valence electrons. The summed E-state index contributed by atoms with van der Waals surface area (Å²) in [5, 5.41) is 0. The molecule has 1 aromatic rings. The Labute approximate surface area is 186 Å². The van der Waals surface area contributed by atoms with Gasteiger partial charge in [0, 0.05) is 11.6 Å². The van der Waals surface area contributed by atoms with Crippen molar-refractivity contribution in [2.45, 2.75) is 38.1 Å². The molecule has 1 aromatic carbocycles. The van der Waals surface area contributed by atoms with Crippen molar-refractivity contribution in [1.82, 2.24) is 4.90 Å². The Morgan fingerprint density at radius 1 is 0.938 bits per heavy atom. The predicted molar refractivity (Wildman–Crippen MR) is 114 cm³/mol. The number of carbonyl (C=O) groups is 4. The molecular weight excluding hydrogens is 410 g/mol. The van der Waals surface area contributed by atoms with E-state index in [2.05, 4.69) is 12.2 Å². The summed E-state index contributed by atoms with van der Waals surface area (Å²) in [5.41, 5.74) is 0.461. The van der Waals surface area contributed by atoms with E-state index in [1.54, 1.807) is 31.4 Å². The number of benzene rings is 1. The second-order valence-electron chi connectivity index (χ2n) is 9.31. The van der Waals surface area contributed by atoms with E-state index in [4.69, 9.17) is 9.47 Å². The van der Waals surface area contributed by atoms with E-state index < -0.39 is 0 Å². The summed E-state index contributed by atoms with van der Waals surface area (Å²) in [4.78, 5) is 52.3. The molecule has 4 aliphatic rings. The molecule has 1 heterocycles. The molecule has 0 aromatic heterocycles. The standard InChI is InChI=1S/C25H27NO6/c1-31-19-10-6-14(7-11-19)20(27)13-32-25(30)15-4-8-18(9-5-15)26-23(28)21-16-2-3-17(12-16)22(21)24(26)29/h2-3,6-7,10-11,15-18,21-22H,4-5,8-9,12-13H2,1H3/t15?,16-,17-,18?,21-,22+/m0/s1. The van der Waals surface area contributed by atoms with Crippen LogP contribution >= 0.6 is 0 Å². The highest BCUT2D eigenvalue weighted by atomic mass is 16.5. The highest BCUT2D eigenvalue weighted by Gasteiger charge is 2.60. The minimum absolute atomic E-state index is 0.0204. The molecule has 0 spiro atoms. The smallest absolute Gasteiger partial charge is 0.309 e. The molecule has 7 heteroatoms. The van der Waals surface area contributed by atoms with Gasteiger partial charge in [0.05, 0.1) is 24.9 Å². The monoisotopic (exact) mass is 437 g/mol. The minimum atomic E-state index is -0.386. The van der Waals surface area contributed by atoms with Crippen LogP contribution in [0.2, 0.25) is 0 Å². The van der Waals surface area contributed by atoms with Gasteiger partial charge in [-0.15, -0.1) is 0 Å². The molecule has 0 N–H and O–H groups in total. The van der Waals surface area contributed by atoms with Gasteiger partial charge < -0.3 is 9.47 Å². The maximum absolute atomic E-state index is 13.0. The van der Waals surface area contributed by atoms with Gasteiger partial charge in [0.25, 0.3) is 0 Å². The number of ketones is 1. The molecule has 0 radical (unpaired) electrons. The molecule has 1 aliphatic heterocycles. The quantitative estimate of drug-likeness (QED) is 0.294. The molecule has 0 unspecified atom stereocenters. The van der Waals surface area contributed by atoms with E-state index >= 15 is 0 Å². The van der Waals surface area contributed by atoms with Crippen LogP contribution in [0.1, 0.15) is 42.5 Å². The third-order valence-electron chi connectivity index (χ3n) is 7.66. The van der Waals surface area contributed by atoms with Gasteiger partial charge >= 0.3 is 5.97 Å². The summed E-state index contributed by atoms with van der Waals surface area (Å²) in [6.45, 7) is -0.298. The topological polar surface area (TPSA) is 90.0 Å². The van der Waals surface area contributed by atoms with Crippen LogP contribution in [0.3, 0.4) is 0 Å². The highest BCUT2D eigenvalue weighted by molar-refractivity contribution is 6.06. The van der Waals surface area contributed by atoms with Crippen molar-refractivity contribution >= 4 is 23.6 Å². The van der Waals surface area contributed by atoms with Crippen LogP contribution in [0.4, 0.5) is 0 Å². The number of hydrogen-bond donors (Lipinski definition) is 0. The average Bonchev–Trinajstić information content (AvgIpc) is 3.51. The zero-order chi connectivity index (χ0) is 22.4. The first kappa shape index (κ1) is 20.9. The van der Waals surface area contributed by atoms with Crippen molar-refractivity contribution < 1.29 is 28.7 Å². The lowest BCUT2D eigenvalue weighted by molar-refractivity contribution is -0.149. The van der Waals surface area contributed by atoms with E-state index in [1.807, 2.05) is 0 Å². The van der Waals surface area contributed by atoms with Gasteiger partial charge in [-0.05, 0) is 68.2 Å². The van der Waals surface area contributed by atoms with Gasteiger partial charge in [-0.25, -0.2) is 0 Å². The molecule has 2 bridgehead atoms. The van der Waals surface area contributed by atoms with Crippen LogP contribution < -0.4 is 4.74 Å². The van der Waals surface area contributed by atoms with Gasteiger partial charge in [-0.1, -0.05) is 12.2 Å². The lowest BCUT2D eigenvalue weighted by Gasteiger charge is -2.33. The molecule has 1 saturated heterocycles. The van der Waals surface area contributed by atoms with E-state index in [9.17, 15) is 19.2 Å². The van der Waals surface area contributed by atoms with Crippen molar-refractivity contribution in [1.29, 1.82) is 0 Å². The van der Waals surface area contributed by atoms with Crippen molar-refractivity contribution in [3.63, 3.8) is 0 Å². The molecule has 2 amide bonds. The van der Waals surface area contributed by atoms with Crippen LogP contribution in [0.25, 0.3) is 0 Å². The van der Waals surface area contributed by atoms with Gasteiger partial charge in [0.15, 0.2) is 12.4 Å². The number of methoxy groups -OCH3 is 1. The summed E-state index contributed by atoms with van der Waals surface area (Å²) < 4.78 is 10.4. The van der Waals surface area contributed by atoms with Crippen molar-refractivity contribution in [2.24, 2.45) is 29.6 Å². The minimum Gasteiger partial charge on any atom is -0.497 e. The Kier molecular flexibility index (Phi) is 5.35. The Hall–Kier alpha value is -2.96. The SMILES string of the molecule is COc1ccc(C(=O)COC(=O)C2CCC(N3C(=O)[C@@H]4[C@H](C3=O)[C@H]3C=C[C@H]4C3)CC2)cc1. The number of allylic oxidation sites excluding steroid dienone is 2. The molecule has 2 saturated carbocycles. The number of fused-ring (bicyclic) bond motifs is 5. The number of carbonyl (C=O) groups excluding carboxylic acids is 4.